The zero-order valence-electron chi connectivity index (χ0n) is 14.7. The number of halogens is 2. The summed E-state index contributed by atoms with van der Waals surface area (Å²) in [6.45, 7) is 1.63. The normalized spacial score (nSPS) is 16.9. The number of ether oxygens (including phenoxy) is 1. The molecule has 0 radical (unpaired) electrons. The van der Waals surface area contributed by atoms with Gasteiger partial charge in [-0.25, -0.2) is 13.6 Å². The number of thiophene rings is 1. The van der Waals surface area contributed by atoms with Crippen LogP contribution >= 0.6 is 11.3 Å². The lowest BCUT2D eigenvalue weighted by Gasteiger charge is -2.25. The van der Waals surface area contributed by atoms with Crippen molar-refractivity contribution in [2.45, 2.75) is 6.04 Å². The number of hydrogen-bond acceptors (Lipinski definition) is 4. The maximum atomic E-state index is 14.7. The highest BCUT2D eigenvalue weighted by Gasteiger charge is 2.27. The molecule has 3 aromatic rings. The fourth-order valence-electron chi connectivity index (χ4n) is 3.43. The van der Waals surface area contributed by atoms with Crippen molar-refractivity contribution in [2.75, 3.05) is 19.8 Å². The highest BCUT2D eigenvalue weighted by atomic mass is 32.1. The fourth-order valence-corrected chi connectivity index (χ4v) is 4.61. The van der Waals surface area contributed by atoms with Gasteiger partial charge in [0.25, 0.3) is 0 Å². The summed E-state index contributed by atoms with van der Waals surface area (Å²) in [5.74, 6) is -2.97. The highest BCUT2D eigenvalue weighted by molar-refractivity contribution is 7.14. The van der Waals surface area contributed by atoms with Crippen LogP contribution in [-0.4, -0.2) is 30.8 Å². The van der Waals surface area contributed by atoms with Gasteiger partial charge in [0.05, 0.1) is 24.8 Å². The van der Waals surface area contributed by atoms with Gasteiger partial charge >= 0.3 is 5.97 Å². The van der Waals surface area contributed by atoms with Crippen LogP contribution in [0.3, 0.4) is 0 Å². The Bertz CT molecular complexity index is 1030. The predicted molar refractivity (Wildman–Crippen MR) is 104 cm³/mol. The van der Waals surface area contributed by atoms with Crippen LogP contribution in [0, 0.1) is 11.6 Å². The first-order valence-corrected chi connectivity index (χ1v) is 9.65. The number of carboxylic acid groups (broad SMARTS) is 1. The molecule has 1 aromatic heterocycles. The second kappa shape index (κ2) is 7.79. The van der Waals surface area contributed by atoms with Gasteiger partial charge in [-0.2, -0.15) is 0 Å². The Balaban J connectivity index is 1.97. The molecule has 0 amide bonds. The Kier molecular flexibility index (Phi) is 5.21. The Morgan fingerprint density at radius 1 is 1.14 bits per heavy atom. The molecule has 1 unspecified atom stereocenters. The summed E-state index contributed by atoms with van der Waals surface area (Å²) < 4.78 is 34.2. The molecule has 1 aliphatic rings. The summed E-state index contributed by atoms with van der Waals surface area (Å²) in [6, 6.07) is 10.4. The van der Waals surface area contributed by atoms with Gasteiger partial charge in [0.1, 0.15) is 0 Å². The first kappa shape index (κ1) is 18.7. The summed E-state index contributed by atoms with van der Waals surface area (Å²) >= 11 is 1.32. The van der Waals surface area contributed by atoms with Gasteiger partial charge in [0.15, 0.2) is 11.6 Å². The Morgan fingerprint density at radius 3 is 2.68 bits per heavy atom. The monoisotopic (exact) mass is 401 g/mol. The van der Waals surface area contributed by atoms with E-state index >= 15 is 0 Å². The molecule has 2 aromatic carbocycles. The summed E-state index contributed by atoms with van der Waals surface area (Å²) in [4.78, 5) is 12.3. The molecule has 2 heterocycles. The van der Waals surface area contributed by atoms with Crippen LogP contribution in [0.1, 0.15) is 22.0 Å². The Hall–Kier alpha value is -2.61. The molecule has 0 spiro atoms. The molecule has 1 aliphatic heterocycles. The minimum Gasteiger partial charge on any atom is -0.478 e. The van der Waals surface area contributed by atoms with E-state index in [0.29, 0.717) is 35.8 Å². The van der Waals surface area contributed by atoms with Gasteiger partial charge in [0, 0.05) is 28.1 Å². The van der Waals surface area contributed by atoms with Crippen molar-refractivity contribution >= 4 is 17.3 Å². The molecule has 0 bridgehead atoms. The number of aromatic carboxylic acids is 1. The molecule has 1 saturated heterocycles. The van der Waals surface area contributed by atoms with Crippen molar-refractivity contribution in [3.05, 3.63) is 70.6 Å². The van der Waals surface area contributed by atoms with E-state index in [9.17, 15) is 18.7 Å². The van der Waals surface area contributed by atoms with Crippen molar-refractivity contribution in [3.63, 3.8) is 0 Å². The summed E-state index contributed by atoms with van der Waals surface area (Å²) in [5.41, 5.74) is 1.96. The molecule has 1 fully saturated rings. The molecular formula is C21H17F2NO3S. The molecule has 28 heavy (non-hydrogen) atoms. The number of morpholine rings is 1. The molecule has 2 N–H and O–H groups in total. The van der Waals surface area contributed by atoms with Gasteiger partial charge in [-0.3, -0.25) is 0 Å². The van der Waals surface area contributed by atoms with E-state index in [0.717, 1.165) is 11.6 Å². The molecule has 0 aliphatic carbocycles. The van der Waals surface area contributed by atoms with E-state index in [1.165, 1.54) is 29.5 Å². The number of benzene rings is 2. The van der Waals surface area contributed by atoms with Crippen molar-refractivity contribution in [3.8, 4) is 21.6 Å². The Labute approximate surface area is 164 Å². The van der Waals surface area contributed by atoms with Crippen LogP contribution in [0.15, 0.2) is 47.8 Å². The third kappa shape index (κ3) is 3.32. The van der Waals surface area contributed by atoms with Crippen LogP contribution in [0.5, 0.6) is 0 Å². The summed E-state index contributed by atoms with van der Waals surface area (Å²) in [6.07, 6.45) is 0. The van der Waals surface area contributed by atoms with E-state index < -0.39 is 17.6 Å². The van der Waals surface area contributed by atoms with E-state index in [1.807, 2.05) is 5.38 Å². The zero-order chi connectivity index (χ0) is 19.7. The topological polar surface area (TPSA) is 58.6 Å². The van der Waals surface area contributed by atoms with Crippen molar-refractivity contribution in [1.82, 2.24) is 5.32 Å². The lowest BCUT2D eigenvalue weighted by molar-refractivity contribution is 0.0697. The maximum Gasteiger partial charge on any atom is 0.336 e. The summed E-state index contributed by atoms with van der Waals surface area (Å²) in [5, 5.41) is 14.8. The van der Waals surface area contributed by atoms with Gasteiger partial charge in [-0.1, -0.05) is 30.3 Å². The zero-order valence-corrected chi connectivity index (χ0v) is 15.6. The molecule has 4 nitrogen and oxygen atoms in total. The quantitative estimate of drug-likeness (QED) is 0.664. The molecule has 1 atom stereocenters. The van der Waals surface area contributed by atoms with Crippen LogP contribution in [-0.2, 0) is 4.74 Å². The van der Waals surface area contributed by atoms with Crippen molar-refractivity contribution in [2.24, 2.45) is 0 Å². The SMILES string of the molecule is O=C(O)c1ccccc1-c1scc(C2COCCN2)c1-c1cccc(F)c1F. The molecule has 0 saturated carbocycles. The third-order valence-electron chi connectivity index (χ3n) is 4.74. The molecule has 7 heteroatoms. The van der Waals surface area contributed by atoms with E-state index in [-0.39, 0.29) is 17.2 Å². The fraction of sp³-hybridized carbons (Fsp3) is 0.190. The van der Waals surface area contributed by atoms with Crippen LogP contribution in [0.2, 0.25) is 0 Å². The minimum atomic E-state index is -1.07. The number of rotatable bonds is 4. The van der Waals surface area contributed by atoms with Crippen LogP contribution in [0.4, 0.5) is 8.78 Å². The first-order chi connectivity index (χ1) is 13.6. The third-order valence-corrected chi connectivity index (χ3v) is 5.77. The first-order valence-electron chi connectivity index (χ1n) is 8.77. The smallest absolute Gasteiger partial charge is 0.336 e. The second-order valence-electron chi connectivity index (χ2n) is 6.43. The average Bonchev–Trinajstić information content (AvgIpc) is 3.15. The Morgan fingerprint density at radius 2 is 1.93 bits per heavy atom. The molecule has 4 rings (SSSR count). The van der Waals surface area contributed by atoms with Gasteiger partial charge < -0.3 is 15.2 Å². The average molecular weight is 401 g/mol. The maximum absolute atomic E-state index is 14.7. The van der Waals surface area contributed by atoms with Gasteiger partial charge in [-0.15, -0.1) is 11.3 Å². The number of carboxylic acids is 1. The van der Waals surface area contributed by atoms with Gasteiger partial charge in [0.2, 0.25) is 0 Å². The van der Waals surface area contributed by atoms with E-state index in [1.54, 1.807) is 18.2 Å². The van der Waals surface area contributed by atoms with Gasteiger partial charge in [-0.05, 0) is 23.1 Å². The summed E-state index contributed by atoms with van der Waals surface area (Å²) in [7, 11) is 0. The number of carbonyl (C=O) groups is 1. The lowest BCUT2D eigenvalue weighted by atomic mass is 9.93. The molecule has 144 valence electrons. The predicted octanol–water partition coefficient (Wildman–Crippen LogP) is 4.72. The standard InChI is InChI=1S/C21H17F2NO3S/c22-16-7-3-6-14(19(16)23)18-15(17-10-27-9-8-24-17)11-28-20(18)12-4-1-2-5-13(12)21(25)26/h1-7,11,17,24H,8-10H2,(H,25,26). The number of hydrogen-bond donors (Lipinski definition) is 2. The van der Waals surface area contributed by atoms with Crippen molar-refractivity contribution in [1.29, 1.82) is 0 Å². The van der Waals surface area contributed by atoms with Crippen LogP contribution in [0.25, 0.3) is 21.6 Å². The van der Waals surface area contributed by atoms with E-state index in [2.05, 4.69) is 5.32 Å². The largest absolute Gasteiger partial charge is 0.478 e. The molecular weight excluding hydrogens is 384 g/mol. The minimum absolute atomic E-state index is 0.110. The second-order valence-corrected chi connectivity index (χ2v) is 7.31. The van der Waals surface area contributed by atoms with E-state index in [4.69, 9.17) is 4.74 Å². The van der Waals surface area contributed by atoms with Crippen molar-refractivity contribution < 1.29 is 23.4 Å². The highest BCUT2D eigenvalue weighted by Crippen LogP contribution is 2.45. The number of nitrogens with one attached hydrogen (secondary N) is 1. The lowest BCUT2D eigenvalue weighted by Crippen LogP contribution is -2.34. The van der Waals surface area contributed by atoms with Crippen LogP contribution < -0.4 is 5.32 Å².